The molecular formula is C16H12BrNO4S. The van der Waals surface area contributed by atoms with E-state index in [1.807, 2.05) is 24.3 Å². The average molecular weight is 394 g/mol. The molecule has 0 aliphatic rings. The molecule has 0 fully saturated rings. The van der Waals surface area contributed by atoms with Crippen molar-refractivity contribution in [3.63, 3.8) is 0 Å². The van der Waals surface area contributed by atoms with Crippen LogP contribution >= 0.6 is 27.3 Å². The van der Waals surface area contributed by atoms with Crippen molar-refractivity contribution in [1.82, 2.24) is 4.98 Å². The molecule has 0 saturated heterocycles. The summed E-state index contributed by atoms with van der Waals surface area (Å²) >= 11 is 4.60. The van der Waals surface area contributed by atoms with E-state index in [4.69, 9.17) is 9.15 Å². The predicted molar refractivity (Wildman–Crippen MR) is 89.6 cm³/mol. The van der Waals surface area contributed by atoms with E-state index in [2.05, 4.69) is 20.9 Å². The van der Waals surface area contributed by atoms with Gasteiger partial charge in [-0.15, -0.1) is 11.3 Å². The van der Waals surface area contributed by atoms with Gasteiger partial charge in [0.2, 0.25) is 5.78 Å². The minimum Gasteiger partial charge on any atom is -0.457 e. The Morgan fingerprint density at radius 3 is 2.78 bits per heavy atom. The Morgan fingerprint density at radius 1 is 1.22 bits per heavy atom. The first-order chi connectivity index (χ1) is 11.1. The maximum absolute atomic E-state index is 11.8. The normalized spacial score (nSPS) is 10.8. The molecule has 0 bridgehead atoms. The van der Waals surface area contributed by atoms with Gasteiger partial charge in [0.1, 0.15) is 5.52 Å². The summed E-state index contributed by atoms with van der Waals surface area (Å²) in [5.74, 6) is -0.177. The molecule has 3 rings (SSSR count). The molecule has 0 spiro atoms. The van der Waals surface area contributed by atoms with Crippen molar-refractivity contribution in [1.29, 1.82) is 0 Å². The van der Waals surface area contributed by atoms with Gasteiger partial charge in [-0.3, -0.25) is 9.59 Å². The Morgan fingerprint density at radius 2 is 2.04 bits per heavy atom. The number of Topliss-reactive ketones (excluding diaryl/α,β-unsaturated/α-hetero) is 1. The quantitative estimate of drug-likeness (QED) is 0.467. The lowest BCUT2D eigenvalue weighted by Crippen LogP contribution is -2.13. The van der Waals surface area contributed by atoms with Crippen molar-refractivity contribution in [2.75, 3.05) is 6.61 Å². The number of thiophene rings is 1. The van der Waals surface area contributed by atoms with Gasteiger partial charge in [-0.25, -0.2) is 4.98 Å². The number of aryl methyl sites for hydroxylation is 1. The fourth-order valence-electron chi connectivity index (χ4n) is 1.99. The minimum absolute atomic E-state index is 0.119. The summed E-state index contributed by atoms with van der Waals surface area (Å²) in [4.78, 5) is 28.4. The van der Waals surface area contributed by atoms with Gasteiger partial charge in [0.25, 0.3) is 0 Å². The molecular weight excluding hydrogens is 382 g/mol. The standard InChI is InChI=1S/C16H12BrNO4S/c17-14-6-5-13(23-14)11(19)9-21-16(20)8-7-15-18-10-3-1-2-4-12(10)22-15/h1-6H,7-9H2. The zero-order valence-electron chi connectivity index (χ0n) is 12.0. The minimum atomic E-state index is -0.448. The van der Waals surface area contributed by atoms with E-state index in [9.17, 15) is 9.59 Å². The third-order valence-electron chi connectivity index (χ3n) is 3.09. The lowest BCUT2D eigenvalue weighted by atomic mass is 10.3. The number of aromatic nitrogens is 1. The Kier molecular flexibility index (Phi) is 4.88. The van der Waals surface area contributed by atoms with Crippen LogP contribution in [0.15, 0.2) is 44.6 Å². The Labute approximate surface area is 144 Å². The fraction of sp³-hybridized carbons (Fsp3) is 0.188. The number of nitrogens with zero attached hydrogens (tertiary/aromatic N) is 1. The second-order valence-electron chi connectivity index (χ2n) is 4.76. The molecule has 0 unspecified atom stereocenters. The number of oxazole rings is 1. The van der Waals surface area contributed by atoms with Crippen LogP contribution in [0.4, 0.5) is 0 Å². The predicted octanol–water partition coefficient (Wildman–Crippen LogP) is 4.01. The summed E-state index contributed by atoms with van der Waals surface area (Å²) < 4.78 is 11.4. The lowest BCUT2D eigenvalue weighted by Gasteiger charge is -2.01. The van der Waals surface area contributed by atoms with E-state index in [1.54, 1.807) is 12.1 Å². The zero-order chi connectivity index (χ0) is 16.2. The van der Waals surface area contributed by atoms with Gasteiger partial charge in [-0.1, -0.05) is 12.1 Å². The number of para-hydroxylation sites is 2. The maximum atomic E-state index is 11.8. The van der Waals surface area contributed by atoms with Gasteiger partial charge in [0, 0.05) is 6.42 Å². The Bertz CT molecular complexity index is 822. The molecule has 3 aromatic rings. The van der Waals surface area contributed by atoms with Crippen molar-refractivity contribution in [2.24, 2.45) is 0 Å². The first-order valence-corrected chi connectivity index (χ1v) is 8.51. The Balaban J connectivity index is 1.48. The number of carbonyl (C=O) groups excluding carboxylic acids is 2. The van der Waals surface area contributed by atoms with E-state index in [0.717, 1.165) is 9.30 Å². The van der Waals surface area contributed by atoms with Crippen LogP contribution in [-0.4, -0.2) is 23.3 Å². The number of hydrogen-bond acceptors (Lipinski definition) is 6. The van der Waals surface area contributed by atoms with E-state index in [1.165, 1.54) is 11.3 Å². The molecule has 0 aliphatic carbocycles. The van der Waals surface area contributed by atoms with Crippen LogP contribution in [-0.2, 0) is 16.0 Å². The van der Waals surface area contributed by atoms with Crippen molar-refractivity contribution in [3.05, 3.63) is 51.0 Å². The van der Waals surface area contributed by atoms with Gasteiger partial charge in [-0.2, -0.15) is 0 Å². The van der Waals surface area contributed by atoms with E-state index in [0.29, 0.717) is 22.8 Å². The smallest absolute Gasteiger partial charge is 0.306 e. The third-order valence-corrected chi connectivity index (χ3v) is 4.76. The Hall–Kier alpha value is -1.99. The van der Waals surface area contributed by atoms with Gasteiger partial charge in [0.15, 0.2) is 18.1 Å². The number of benzene rings is 1. The van der Waals surface area contributed by atoms with Crippen LogP contribution in [0, 0.1) is 0 Å². The topological polar surface area (TPSA) is 69.4 Å². The monoisotopic (exact) mass is 393 g/mol. The molecule has 23 heavy (non-hydrogen) atoms. The number of hydrogen-bond donors (Lipinski definition) is 0. The highest BCUT2D eigenvalue weighted by atomic mass is 79.9. The molecule has 118 valence electrons. The molecule has 1 aromatic carbocycles. The summed E-state index contributed by atoms with van der Waals surface area (Å²) in [6, 6.07) is 10.9. The summed E-state index contributed by atoms with van der Waals surface area (Å²) in [6.45, 7) is -0.251. The van der Waals surface area contributed by atoms with Gasteiger partial charge >= 0.3 is 5.97 Å². The fourth-order valence-corrected chi connectivity index (χ4v) is 3.30. The van der Waals surface area contributed by atoms with Crippen molar-refractivity contribution >= 4 is 50.1 Å². The molecule has 0 N–H and O–H groups in total. The molecule has 0 amide bonds. The third kappa shape index (κ3) is 4.05. The van der Waals surface area contributed by atoms with Crippen LogP contribution < -0.4 is 0 Å². The highest BCUT2D eigenvalue weighted by Gasteiger charge is 2.13. The molecule has 2 heterocycles. The summed E-state index contributed by atoms with van der Waals surface area (Å²) in [5.41, 5.74) is 1.45. The highest BCUT2D eigenvalue weighted by Crippen LogP contribution is 2.22. The second kappa shape index (κ2) is 7.06. The average Bonchev–Trinajstić information content (AvgIpc) is 3.16. The largest absolute Gasteiger partial charge is 0.457 e. The number of esters is 1. The van der Waals surface area contributed by atoms with E-state index in [-0.39, 0.29) is 18.8 Å². The van der Waals surface area contributed by atoms with E-state index >= 15 is 0 Å². The molecule has 0 saturated carbocycles. The second-order valence-corrected chi connectivity index (χ2v) is 7.23. The number of ketones is 1. The molecule has 0 atom stereocenters. The van der Waals surface area contributed by atoms with Crippen LogP contribution in [0.25, 0.3) is 11.1 Å². The summed E-state index contributed by atoms with van der Waals surface area (Å²) in [7, 11) is 0. The van der Waals surface area contributed by atoms with Crippen molar-refractivity contribution in [2.45, 2.75) is 12.8 Å². The van der Waals surface area contributed by atoms with Crippen molar-refractivity contribution < 1.29 is 18.7 Å². The number of rotatable bonds is 6. The molecule has 5 nitrogen and oxygen atoms in total. The van der Waals surface area contributed by atoms with Crippen LogP contribution in [0.5, 0.6) is 0 Å². The van der Waals surface area contributed by atoms with Gasteiger partial charge in [-0.05, 0) is 40.2 Å². The first-order valence-electron chi connectivity index (χ1n) is 6.90. The summed E-state index contributed by atoms with van der Waals surface area (Å²) in [5, 5.41) is 0. The number of carbonyl (C=O) groups is 2. The van der Waals surface area contributed by atoms with Gasteiger partial charge < -0.3 is 9.15 Å². The molecule has 0 aliphatic heterocycles. The van der Waals surface area contributed by atoms with Gasteiger partial charge in [0.05, 0.1) is 15.1 Å². The molecule has 2 aromatic heterocycles. The van der Waals surface area contributed by atoms with Crippen LogP contribution in [0.2, 0.25) is 0 Å². The van der Waals surface area contributed by atoms with Crippen LogP contribution in [0.1, 0.15) is 22.0 Å². The zero-order valence-corrected chi connectivity index (χ0v) is 14.4. The van der Waals surface area contributed by atoms with Crippen molar-refractivity contribution in [3.8, 4) is 0 Å². The number of ether oxygens (including phenoxy) is 1. The highest BCUT2D eigenvalue weighted by molar-refractivity contribution is 9.11. The molecule has 0 radical (unpaired) electrons. The molecule has 7 heteroatoms. The number of fused-ring (bicyclic) bond motifs is 1. The SMILES string of the molecule is O=C(CCc1nc2ccccc2o1)OCC(=O)c1ccc(Br)s1. The maximum Gasteiger partial charge on any atom is 0.306 e. The van der Waals surface area contributed by atoms with Crippen LogP contribution in [0.3, 0.4) is 0 Å². The first kappa shape index (κ1) is 15.9. The van der Waals surface area contributed by atoms with E-state index < -0.39 is 5.97 Å². The number of halogens is 1. The lowest BCUT2D eigenvalue weighted by molar-refractivity contribution is -0.142. The summed E-state index contributed by atoms with van der Waals surface area (Å²) in [6.07, 6.45) is 0.459.